The molecule has 0 unspecified atom stereocenters. The van der Waals surface area contributed by atoms with E-state index in [1.165, 1.54) is 28.7 Å². The highest BCUT2D eigenvalue weighted by atomic mass is 35.5. The molecule has 3 nitrogen and oxygen atoms in total. The van der Waals surface area contributed by atoms with Crippen molar-refractivity contribution < 1.29 is 0 Å². The minimum Gasteiger partial charge on any atom is -0.330 e. The number of hydrogen-bond donors (Lipinski definition) is 1. The van der Waals surface area contributed by atoms with Gasteiger partial charge >= 0.3 is 0 Å². The lowest BCUT2D eigenvalue weighted by atomic mass is 10.0. The molecule has 0 atom stereocenters. The van der Waals surface area contributed by atoms with Gasteiger partial charge < -0.3 is 5.32 Å². The van der Waals surface area contributed by atoms with Crippen LogP contribution in [0.5, 0.6) is 0 Å². The third kappa shape index (κ3) is 4.51. The first-order chi connectivity index (χ1) is 9.54. The van der Waals surface area contributed by atoms with Crippen molar-refractivity contribution in [3.05, 3.63) is 41.4 Å². The molecule has 1 heterocycles. The summed E-state index contributed by atoms with van der Waals surface area (Å²) in [5.41, 5.74) is 2.34. The van der Waals surface area contributed by atoms with Crippen LogP contribution < -0.4 is 5.32 Å². The van der Waals surface area contributed by atoms with Crippen molar-refractivity contribution in [1.82, 2.24) is 10.2 Å². The Labute approximate surface area is 132 Å². The second-order valence-electron chi connectivity index (χ2n) is 4.58. The van der Waals surface area contributed by atoms with Gasteiger partial charge in [-0.3, -0.25) is 0 Å². The summed E-state index contributed by atoms with van der Waals surface area (Å²) in [7, 11) is 0. The van der Waals surface area contributed by atoms with E-state index >= 15 is 0 Å². The lowest BCUT2D eigenvalue weighted by Gasteiger charge is -2.06. The molecule has 6 heteroatoms. The van der Waals surface area contributed by atoms with Crippen LogP contribution in [0.25, 0.3) is 0 Å². The molecule has 2 aromatic rings. The van der Waals surface area contributed by atoms with Crippen molar-refractivity contribution in [1.29, 1.82) is 0 Å². The lowest BCUT2D eigenvalue weighted by Crippen LogP contribution is -1.91. The van der Waals surface area contributed by atoms with Gasteiger partial charge in [0.25, 0.3) is 0 Å². The van der Waals surface area contributed by atoms with Crippen molar-refractivity contribution in [2.24, 2.45) is 0 Å². The average Bonchev–Trinajstić information content (AvgIpc) is 2.84. The van der Waals surface area contributed by atoms with E-state index in [0.29, 0.717) is 16.7 Å². The van der Waals surface area contributed by atoms with Gasteiger partial charge in [0.05, 0.1) is 0 Å². The molecule has 0 saturated carbocycles. The number of rotatable bonds is 6. The minimum atomic E-state index is 0.539. The van der Waals surface area contributed by atoms with Crippen LogP contribution in [-0.4, -0.2) is 16.0 Å². The zero-order valence-corrected chi connectivity index (χ0v) is 13.8. The molecule has 0 spiro atoms. The van der Waals surface area contributed by atoms with Gasteiger partial charge in [-0.1, -0.05) is 67.3 Å². The van der Waals surface area contributed by atoms with E-state index in [1.807, 2.05) is 0 Å². The van der Waals surface area contributed by atoms with Crippen molar-refractivity contribution in [3.63, 3.8) is 0 Å². The van der Waals surface area contributed by atoms with E-state index in [4.69, 9.17) is 11.6 Å². The van der Waals surface area contributed by atoms with Gasteiger partial charge in [0.2, 0.25) is 5.13 Å². The molecule has 1 aromatic heterocycles. The molecule has 0 fully saturated rings. The summed E-state index contributed by atoms with van der Waals surface area (Å²) >= 11 is 8.78. The van der Waals surface area contributed by atoms with E-state index in [9.17, 15) is 0 Å². The molecule has 0 bridgehead atoms. The van der Waals surface area contributed by atoms with Crippen LogP contribution in [0.1, 0.15) is 25.3 Å². The zero-order chi connectivity index (χ0) is 14.5. The summed E-state index contributed by atoms with van der Waals surface area (Å²) < 4.78 is 0.883. The van der Waals surface area contributed by atoms with E-state index in [-0.39, 0.29) is 0 Å². The molecule has 0 saturated heterocycles. The SMILES string of the molecule is C=C(Cl)CSc1nnc(Nc2ccc(C(C)C)cc2)s1. The van der Waals surface area contributed by atoms with Gasteiger partial charge in [0, 0.05) is 16.5 Å². The fourth-order valence-corrected chi connectivity index (χ4v) is 3.22. The first-order valence-electron chi connectivity index (χ1n) is 6.21. The summed E-state index contributed by atoms with van der Waals surface area (Å²) in [6, 6.07) is 8.37. The van der Waals surface area contributed by atoms with Gasteiger partial charge in [-0.2, -0.15) is 0 Å². The van der Waals surface area contributed by atoms with E-state index in [0.717, 1.165) is 15.2 Å². The van der Waals surface area contributed by atoms with Gasteiger partial charge in [0.15, 0.2) is 4.34 Å². The molecule has 0 aliphatic heterocycles. The Morgan fingerprint density at radius 3 is 2.65 bits per heavy atom. The van der Waals surface area contributed by atoms with Crippen molar-refractivity contribution in [2.45, 2.75) is 24.1 Å². The fourth-order valence-electron chi connectivity index (χ4n) is 1.53. The number of halogens is 1. The number of anilines is 2. The quantitative estimate of drug-likeness (QED) is 0.736. The Kier molecular flexibility index (Phi) is 5.46. The van der Waals surface area contributed by atoms with Gasteiger partial charge in [0.1, 0.15) is 0 Å². The summed E-state index contributed by atoms with van der Waals surface area (Å²) in [6.45, 7) is 8.02. The fraction of sp³-hybridized carbons (Fsp3) is 0.286. The third-order valence-electron chi connectivity index (χ3n) is 2.59. The summed E-state index contributed by atoms with van der Waals surface area (Å²) in [4.78, 5) is 0. The van der Waals surface area contributed by atoms with Crippen LogP contribution in [-0.2, 0) is 0 Å². The highest BCUT2D eigenvalue weighted by molar-refractivity contribution is 8.01. The maximum absolute atomic E-state index is 5.73. The summed E-state index contributed by atoms with van der Waals surface area (Å²) in [6.07, 6.45) is 0. The number of nitrogens with zero attached hydrogens (tertiary/aromatic N) is 2. The topological polar surface area (TPSA) is 37.8 Å². The molecule has 106 valence electrons. The first kappa shape index (κ1) is 15.4. The zero-order valence-electron chi connectivity index (χ0n) is 11.4. The monoisotopic (exact) mass is 325 g/mol. The molecular formula is C14H16ClN3S2. The molecule has 20 heavy (non-hydrogen) atoms. The predicted octanol–water partition coefficient (Wildman–Crippen LogP) is 5.25. The highest BCUT2D eigenvalue weighted by Crippen LogP contribution is 2.29. The molecule has 0 amide bonds. The number of benzene rings is 1. The first-order valence-corrected chi connectivity index (χ1v) is 8.39. The summed E-state index contributed by atoms with van der Waals surface area (Å²) in [5, 5.41) is 12.9. The Balaban J connectivity index is 1.97. The number of hydrogen-bond acceptors (Lipinski definition) is 5. The summed E-state index contributed by atoms with van der Waals surface area (Å²) in [5.74, 6) is 1.19. The average molecular weight is 326 g/mol. The standard InChI is InChI=1S/C14H16ClN3S2/c1-9(2)11-4-6-12(7-5-11)16-13-17-18-14(20-13)19-8-10(3)15/h4-7,9H,3,8H2,1-2H3,(H,16,17). The molecule has 1 aromatic carbocycles. The largest absolute Gasteiger partial charge is 0.330 e. The van der Waals surface area contributed by atoms with Gasteiger partial charge in [-0.25, -0.2) is 0 Å². The molecule has 2 rings (SSSR count). The van der Waals surface area contributed by atoms with Crippen LogP contribution in [0.15, 0.2) is 40.2 Å². The normalized spacial score (nSPS) is 10.8. The second-order valence-corrected chi connectivity index (χ2v) is 7.32. The van der Waals surface area contributed by atoms with Gasteiger partial charge in [-0.05, 0) is 23.6 Å². The number of thioether (sulfide) groups is 1. The molecular weight excluding hydrogens is 310 g/mol. The van der Waals surface area contributed by atoms with E-state index in [2.05, 4.69) is 60.2 Å². The number of aromatic nitrogens is 2. The molecule has 1 N–H and O–H groups in total. The Morgan fingerprint density at radius 1 is 1.35 bits per heavy atom. The Morgan fingerprint density at radius 2 is 2.05 bits per heavy atom. The van der Waals surface area contributed by atoms with Crippen LogP contribution in [0.3, 0.4) is 0 Å². The van der Waals surface area contributed by atoms with Crippen molar-refractivity contribution in [3.8, 4) is 0 Å². The molecule has 0 aliphatic rings. The van der Waals surface area contributed by atoms with E-state index < -0.39 is 0 Å². The number of nitrogens with one attached hydrogen (secondary N) is 1. The second kappa shape index (κ2) is 7.11. The molecule has 0 radical (unpaired) electrons. The molecule has 0 aliphatic carbocycles. The Bertz CT molecular complexity index is 578. The Hall–Kier alpha value is -1.04. The van der Waals surface area contributed by atoms with Crippen LogP contribution in [0.4, 0.5) is 10.8 Å². The maximum Gasteiger partial charge on any atom is 0.210 e. The van der Waals surface area contributed by atoms with Crippen molar-refractivity contribution >= 4 is 45.5 Å². The van der Waals surface area contributed by atoms with Crippen molar-refractivity contribution in [2.75, 3.05) is 11.1 Å². The van der Waals surface area contributed by atoms with Crippen LogP contribution in [0.2, 0.25) is 0 Å². The third-order valence-corrected chi connectivity index (χ3v) is 4.94. The smallest absolute Gasteiger partial charge is 0.210 e. The highest BCUT2D eigenvalue weighted by Gasteiger charge is 2.06. The van der Waals surface area contributed by atoms with Crippen LogP contribution >= 0.6 is 34.7 Å². The lowest BCUT2D eigenvalue weighted by molar-refractivity contribution is 0.867. The van der Waals surface area contributed by atoms with E-state index in [1.54, 1.807) is 0 Å². The maximum atomic E-state index is 5.73. The van der Waals surface area contributed by atoms with Gasteiger partial charge in [-0.15, -0.1) is 10.2 Å². The predicted molar refractivity (Wildman–Crippen MR) is 89.4 cm³/mol. The minimum absolute atomic E-state index is 0.539. The van der Waals surface area contributed by atoms with Crippen LogP contribution in [0, 0.1) is 0 Å².